The van der Waals surface area contributed by atoms with E-state index in [4.69, 9.17) is 12.2 Å². The number of amides is 1. The maximum absolute atomic E-state index is 12.2. The minimum absolute atomic E-state index is 0.116. The predicted octanol–water partition coefficient (Wildman–Crippen LogP) is 3.62. The summed E-state index contributed by atoms with van der Waals surface area (Å²) in [5.41, 5.74) is 1.50. The average Bonchev–Trinajstić information content (AvgIpc) is 2.72. The number of thiocarbonyl (C=S) groups is 1. The third kappa shape index (κ3) is 5.10. The van der Waals surface area contributed by atoms with Gasteiger partial charge in [0.2, 0.25) is 15.9 Å². The van der Waals surface area contributed by atoms with Gasteiger partial charge in [-0.25, -0.2) is 12.7 Å². The highest BCUT2D eigenvalue weighted by Gasteiger charge is 2.16. The van der Waals surface area contributed by atoms with Crippen molar-refractivity contribution in [2.75, 3.05) is 19.4 Å². The third-order valence-electron chi connectivity index (χ3n) is 4.37. The number of nitrogens with one attached hydrogen (secondary N) is 2. The molecule has 1 amide bonds. The maximum atomic E-state index is 12.2. The molecule has 30 heavy (non-hydrogen) atoms. The van der Waals surface area contributed by atoms with Crippen molar-refractivity contribution < 1.29 is 13.2 Å². The van der Waals surface area contributed by atoms with Gasteiger partial charge in [0, 0.05) is 25.9 Å². The van der Waals surface area contributed by atoms with E-state index in [1.165, 1.54) is 32.3 Å². The number of anilines is 1. The number of hydrogen-bond donors (Lipinski definition) is 2. The summed E-state index contributed by atoms with van der Waals surface area (Å²) in [6.45, 7) is 0. The van der Waals surface area contributed by atoms with Crippen molar-refractivity contribution in [3.8, 4) is 0 Å². The predicted molar refractivity (Wildman–Crippen MR) is 125 cm³/mol. The van der Waals surface area contributed by atoms with E-state index in [0.29, 0.717) is 5.69 Å². The molecule has 0 aliphatic carbocycles. The molecule has 0 radical (unpaired) electrons. The average molecular weight is 440 g/mol. The van der Waals surface area contributed by atoms with Crippen molar-refractivity contribution in [3.63, 3.8) is 0 Å². The van der Waals surface area contributed by atoms with Crippen LogP contribution in [0.15, 0.2) is 77.7 Å². The Morgan fingerprint density at radius 3 is 2.33 bits per heavy atom. The van der Waals surface area contributed by atoms with Gasteiger partial charge in [-0.15, -0.1) is 0 Å². The maximum Gasteiger partial charge on any atom is 0.250 e. The zero-order chi connectivity index (χ0) is 21.7. The Bertz CT molecular complexity index is 1210. The van der Waals surface area contributed by atoms with E-state index in [2.05, 4.69) is 10.6 Å². The number of fused-ring (bicyclic) bond motifs is 1. The van der Waals surface area contributed by atoms with Gasteiger partial charge in [-0.2, -0.15) is 0 Å². The zero-order valence-corrected chi connectivity index (χ0v) is 18.1. The first kappa shape index (κ1) is 21.6. The van der Waals surface area contributed by atoms with E-state index in [1.54, 1.807) is 18.2 Å². The molecule has 2 N–H and O–H groups in total. The minimum Gasteiger partial charge on any atom is -0.332 e. The lowest BCUT2D eigenvalue weighted by Crippen LogP contribution is -2.32. The van der Waals surface area contributed by atoms with E-state index in [0.717, 1.165) is 20.6 Å². The smallest absolute Gasteiger partial charge is 0.250 e. The summed E-state index contributed by atoms with van der Waals surface area (Å²) in [7, 11) is -0.556. The lowest BCUT2D eigenvalue weighted by atomic mass is 10.0. The van der Waals surface area contributed by atoms with Crippen molar-refractivity contribution in [1.82, 2.24) is 9.62 Å². The van der Waals surface area contributed by atoms with Crippen molar-refractivity contribution in [3.05, 3.63) is 78.4 Å². The van der Waals surface area contributed by atoms with Gasteiger partial charge in [0.15, 0.2) is 5.11 Å². The Morgan fingerprint density at radius 1 is 0.967 bits per heavy atom. The summed E-state index contributed by atoms with van der Waals surface area (Å²) in [6.07, 6.45) is 3.16. The fourth-order valence-corrected chi connectivity index (χ4v) is 3.92. The molecule has 6 nitrogen and oxygen atoms in total. The van der Waals surface area contributed by atoms with Crippen LogP contribution in [0.3, 0.4) is 0 Å². The van der Waals surface area contributed by atoms with Crippen LogP contribution in [0.2, 0.25) is 0 Å². The van der Waals surface area contributed by atoms with E-state index in [-0.39, 0.29) is 15.9 Å². The van der Waals surface area contributed by atoms with Crippen LogP contribution in [0, 0.1) is 0 Å². The molecular formula is C22H21N3O3S2. The molecule has 0 spiro atoms. The highest BCUT2D eigenvalue weighted by atomic mass is 32.2. The van der Waals surface area contributed by atoms with E-state index < -0.39 is 10.0 Å². The molecule has 0 aromatic heterocycles. The standard InChI is InChI=1S/C22H21N3O3S2/c1-25(2)30(27,28)19-13-11-18(12-14-19)23-22(29)24-21(26)15-10-17-8-5-7-16-6-3-4-9-20(16)17/h3-15H,1-2H3,(H2,23,24,26,29)/b15-10+. The number of hydrogen-bond acceptors (Lipinski definition) is 4. The largest absolute Gasteiger partial charge is 0.332 e. The van der Waals surface area contributed by atoms with Gasteiger partial charge in [0.05, 0.1) is 4.90 Å². The van der Waals surface area contributed by atoms with Crippen LogP contribution in [0.25, 0.3) is 16.8 Å². The molecule has 0 aliphatic rings. The van der Waals surface area contributed by atoms with Crippen molar-refractivity contribution in [2.24, 2.45) is 0 Å². The lowest BCUT2D eigenvalue weighted by Gasteiger charge is -2.12. The number of sulfonamides is 1. The summed E-state index contributed by atoms with van der Waals surface area (Å²) < 4.78 is 25.3. The van der Waals surface area contributed by atoms with Crippen LogP contribution in [0.4, 0.5) is 5.69 Å². The first-order valence-electron chi connectivity index (χ1n) is 9.08. The molecule has 0 bridgehead atoms. The van der Waals surface area contributed by atoms with Crippen molar-refractivity contribution in [1.29, 1.82) is 0 Å². The molecule has 0 heterocycles. The van der Waals surface area contributed by atoms with E-state index in [9.17, 15) is 13.2 Å². The molecular weight excluding hydrogens is 418 g/mol. The van der Waals surface area contributed by atoms with Crippen LogP contribution < -0.4 is 10.6 Å². The Balaban J connectivity index is 1.62. The summed E-state index contributed by atoms with van der Waals surface area (Å²) in [5, 5.41) is 7.71. The molecule has 3 aromatic carbocycles. The van der Waals surface area contributed by atoms with Crippen LogP contribution in [0.1, 0.15) is 5.56 Å². The fraction of sp³-hybridized carbons (Fsp3) is 0.0909. The second-order valence-corrected chi connectivity index (χ2v) is 9.22. The lowest BCUT2D eigenvalue weighted by molar-refractivity contribution is -0.115. The molecule has 0 saturated carbocycles. The number of rotatable bonds is 5. The second-order valence-electron chi connectivity index (χ2n) is 6.66. The van der Waals surface area contributed by atoms with Crippen LogP contribution in [-0.2, 0) is 14.8 Å². The van der Waals surface area contributed by atoms with E-state index in [1.807, 2.05) is 42.5 Å². The summed E-state index contributed by atoms with van der Waals surface area (Å²) in [6, 6.07) is 19.9. The molecule has 3 aromatic rings. The van der Waals surface area contributed by atoms with Gasteiger partial charge in [-0.05, 0) is 58.9 Å². The van der Waals surface area contributed by atoms with Crippen LogP contribution in [0.5, 0.6) is 0 Å². The summed E-state index contributed by atoms with van der Waals surface area (Å²) in [5.74, 6) is -0.368. The monoisotopic (exact) mass is 439 g/mol. The number of carbonyl (C=O) groups is 1. The van der Waals surface area contributed by atoms with Gasteiger partial charge in [0.25, 0.3) is 0 Å². The third-order valence-corrected chi connectivity index (χ3v) is 6.40. The first-order valence-corrected chi connectivity index (χ1v) is 10.9. The molecule has 0 aliphatic heterocycles. The molecule has 0 saturated heterocycles. The topological polar surface area (TPSA) is 78.5 Å². The molecule has 8 heteroatoms. The van der Waals surface area contributed by atoms with Crippen LogP contribution >= 0.6 is 12.2 Å². The fourth-order valence-electron chi connectivity index (χ4n) is 2.80. The van der Waals surface area contributed by atoms with Crippen molar-refractivity contribution in [2.45, 2.75) is 4.90 Å². The Morgan fingerprint density at radius 2 is 1.63 bits per heavy atom. The molecule has 3 rings (SSSR count). The highest BCUT2D eigenvalue weighted by Crippen LogP contribution is 2.19. The Hall–Kier alpha value is -3.07. The molecule has 154 valence electrons. The van der Waals surface area contributed by atoms with Gasteiger partial charge in [-0.3, -0.25) is 10.1 Å². The molecule has 0 unspecified atom stereocenters. The van der Waals surface area contributed by atoms with Gasteiger partial charge >= 0.3 is 0 Å². The van der Waals surface area contributed by atoms with E-state index >= 15 is 0 Å². The Labute approximate surface area is 181 Å². The summed E-state index contributed by atoms with van der Waals surface area (Å²) in [4.78, 5) is 12.4. The normalized spacial score (nSPS) is 11.7. The second kappa shape index (κ2) is 9.17. The first-order chi connectivity index (χ1) is 14.3. The number of carbonyl (C=O) groups excluding carboxylic acids is 1. The quantitative estimate of drug-likeness (QED) is 0.469. The zero-order valence-electron chi connectivity index (χ0n) is 16.5. The SMILES string of the molecule is CN(C)S(=O)(=O)c1ccc(NC(=S)NC(=O)/C=C/c2cccc3ccccc23)cc1. The highest BCUT2D eigenvalue weighted by molar-refractivity contribution is 7.89. The molecule has 0 fully saturated rings. The van der Waals surface area contributed by atoms with Crippen molar-refractivity contribution >= 4 is 55.8 Å². The van der Waals surface area contributed by atoms with Crippen LogP contribution in [-0.4, -0.2) is 37.8 Å². The summed E-state index contributed by atoms with van der Waals surface area (Å²) >= 11 is 5.16. The number of benzene rings is 3. The molecule has 0 atom stereocenters. The minimum atomic E-state index is -3.50. The van der Waals surface area contributed by atoms with Gasteiger partial charge in [-0.1, -0.05) is 42.5 Å². The van der Waals surface area contributed by atoms with Gasteiger partial charge < -0.3 is 5.32 Å². The van der Waals surface area contributed by atoms with Gasteiger partial charge in [0.1, 0.15) is 0 Å². The number of nitrogens with zero attached hydrogens (tertiary/aromatic N) is 1. The Kier molecular flexibility index (Phi) is 6.61.